The molecular formula is C17H20FN3O. The Morgan fingerprint density at radius 2 is 1.82 bits per heavy atom. The molecule has 0 fully saturated rings. The van der Waals surface area contributed by atoms with Crippen molar-refractivity contribution < 1.29 is 9.18 Å². The van der Waals surface area contributed by atoms with Gasteiger partial charge in [0.25, 0.3) is 0 Å². The van der Waals surface area contributed by atoms with Crippen molar-refractivity contribution in [1.82, 2.24) is 15.2 Å². The van der Waals surface area contributed by atoms with Crippen LogP contribution in [-0.4, -0.2) is 35.9 Å². The average molecular weight is 301 g/mol. The van der Waals surface area contributed by atoms with E-state index in [-0.39, 0.29) is 18.3 Å². The van der Waals surface area contributed by atoms with E-state index in [0.717, 1.165) is 17.5 Å². The van der Waals surface area contributed by atoms with Crippen molar-refractivity contribution >= 4 is 5.91 Å². The molecule has 5 heteroatoms. The zero-order valence-corrected chi connectivity index (χ0v) is 12.6. The van der Waals surface area contributed by atoms with Crippen LogP contribution in [-0.2, 0) is 17.8 Å². The van der Waals surface area contributed by atoms with Gasteiger partial charge in [-0.1, -0.05) is 12.1 Å². The zero-order valence-electron chi connectivity index (χ0n) is 12.6. The lowest BCUT2D eigenvalue weighted by molar-refractivity contribution is -0.128. The van der Waals surface area contributed by atoms with Crippen LogP contribution in [0, 0.1) is 5.82 Å². The summed E-state index contributed by atoms with van der Waals surface area (Å²) in [6.45, 7) is 1.48. The van der Waals surface area contributed by atoms with Crippen LogP contribution in [0.2, 0.25) is 0 Å². The Morgan fingerprint density at radius 3 is 2.50 bits per heavy atom. The monoisotopic (exact) mass is 301 g/mol. The summed E-state index contributed by atoms with van der Waals surface area (Å²) in [5, 5.41) is 3.08. The van der Waals surface area contributed by atoms with Crippen LogP contribution in [0.3, 0.4) is 0 Å². The highest BCUT2D eigenvalue weighted by molar-refractivity contribution is 5.77. The molecule has 1 N–H and O–H groups in total. The van der Waals surface area contributed by atoms with E-state index in [4.69, 9.17) is 0 Å². The highest BCUT2D eigenvalue weighted by Crippen LogP contribution is 2.02. The number of nitrogens with zero attached hydrogens (tertiary/aromatic N) is 2. The maximum atomic E-state index is 12.8. The number of aromatic nitrogens is 1. The van der Waals surface area contributed by atoms with E-state index in [9.17, 15) is 9.18 Å². The molecule has 0 aliphatic rings. The number of nitrogens with one attached hydrogen (secondary N) is 1. The maximum Gasteiger partial charge on any atom is 0.236 e. The molecule has 0 radical (unpaired) electrons. The third kappa shape index (κ3) is 5.26. The van der Waals surface area contributed by atoms with Gasteiger partial charge >= 0.3 is 0 Å². The fourth-order valence-corrected chi connectivity index (χ4v) is 2.02. The molecule has 116 valence electrons. The van der Waals surface area contributed by atoms with Crippen LogP contribution >= 0.6 is 0 Å². The van der Waals surface area contributed by atoms with Crippen molar-refractivity contribution in [2.24, 2.45) is 0 Å². The molecule has 1 aromatic carbocycles. The van der Waals surface area contributed by atoms with Gasteiger partial charge in [0.2, 0.25) is 5.91 Å². The summed E-state index contributed by atoms with van der Waals surface area (Å²) >= 11 is 0. The van der Waals surface area contributed by atoms with Crippen molar-refractivity contribution in [3.63, 3.8) is 0 Å². The number of rotatable bonds is 7. The molecule has 22 heavy (non-hydrogen) atoms. The topological polar surface area (TPSA) is 45.2 Å². The van der Waals surface area contributed by atoms with E-state index in [2.05, 4.69) is 10.3 Å². The lowest BCUT2D eigenvalue weighted by Gasteiger charge is -2.17. The van der Waals surface area contributed by atoms with Crippen molar-refractivity contribution in [3.8, 4) is 0 Å². The largest absolute Gasteiger partial charge is 0.344 e. The number of amides is 1. The summed E-state index contributed by atoms with van der Waals surface area (Å²) in [5.74, 6) is -0.216. The van der Waals surface area contributed by atoms with Crippen molar-refractivity contribution in [2.75, 3.05) is 20.1 Å². The molecular weight excluding hydrogens is 281 g/mol. The average Bonchev–Trinajstić information content (AvgIpc) is 2.55. The number of carbonyl (C=O) groups excluding carboxylic acids is 1. The Labute approximate surface area is 130 Å². The highest BCUT2D eigenvalue weighted by Gasteiger charge is 2.08. The van der Waals surface area contributed by atoms with Gasteiger partial charge in [-0.25, -0.2) is 4.39 Å². The van der Waals surface area contributed by atoms with Gasteiger partial charge in [0.1, 0.15) is 5.82 Å². The van der Waals surface area contributed by atoms with Gasteiger partial charge in [-0.3, -0.25) is 9.78 Å². The van der Waals surface area contributed by atoms with E-state index in [0.29, 0.717) is 13.1 Å². The summed E-state index contributed by atoms with van der Waals surface area (Å²) in [6, 6.07) is 10.1. The molecule has 0 unspecified atom stereocenters. The summed E-state index contributed by atoms with van der Waals surface area (Å²) in [6.07, 6.45) is 4.31. The third-order valence-corrected chi connectivity index (χ3v) is 3.43. The molecule has 0 saturated heterocycles. The first-order valence-corrected chi connectivity index (χ1v) is 7.23. The number of halogens is 1. The molecule has 1 aromatic heterocycles. The van der Waals surface area contributed by atoms with Crippen LogP contribution in [0.5, 0.6) is 0 Å². The van der Waals surface area contributed by atoms with Gasteiger partial charge in [0.05, 0.1) is 6.54 Å². The molecule has 1 heterocycles. The predicted octanol–water partition coefficient (Wildman–Crippen LogP) is 2.01. The van der Waals surface area contributed by atoms with Gasteiger partial charge in [-0.05, 0) is 41.8 Å². The smallest absolute Gasteiger partial charge is 0.236 e. The van der Waals surface area contributed by atoms with Crippen molar-refractivity contribution in [3.05, 3.63) is 65.7 Å². The molecule has 1 amide bonds. The second-order valence-corrected chi connectivity index (χ2v) is 5.15. The maximum absolute atomic E-state index is 12.8. The lowest BCUT2D eigenvalue weighted by atomic mass is 10.2. The minimum Gasteiger partial charge on any atom is -0.344 e. The quantitative estimate of drug-likeness (QED) is 0.851. The Morgan fingerprint density at radius 1 is 1.14 bits per heavy atom. The van der Waals surface area contributed by atoms with Gasteiger partial charge in [0, 0.05) is 32.5 Å². The number of benzene rings is 1. The molecule has 2 aromatic rings. The molecule has 0 atom stereocenters. The fourth-order valence-electron chi connectivity index (χ4n) is 2.02. The molecule has 0 bridgehead atoms. The lowest BCUT2D eigenvalue weighted by Crippen LogP contribution is -2.36. The summed E-state index contributed by atoms with van der Waals surface area (Å²) in [5.41, 5.74) is 2.11. The summed E-state index contributed by atoms with van der Waals surface area (Å²) in [4.78, 5) is 17.7. The number of carbonyl (C=O) groups is 1. The Bertz CT molecular complexity index is 587. The third-order valence-electron chi connectivity index (χ3n) is 3.43. The van der Waals surface area contributed by atoms with Gasteiger partial charge < -0.3 is 10.2 Å². The fraction of sp³-hybridized carbons (Fsp3) is 0.294. The standard InChI is InChI=1S/C17H20FN3O/c1-21(11-8-14-6-9-19-10-7-14)17(22)13-20-12-15-2-4-16(18)5-3-15/h2-7,9-10,20H,8,11-13H2,1H3. The zero-order chi connectivity index (χ0) is 15.8. The first-order chi connectivity index (χ1) is 10.6. The van der Waals surface area contributed by atoms with Crippen LogP contribution in [0.15, 0.2) is 48.8 Å². The first-order valence-electron chi connectivity index (χ1n) is 7.23. The number of pyridine rings is 1. The molecule has 0 aliphatic heterocycles. The van der Waals surface area contributed by atoms with Crippen molar-refractivity contribution in [1.29, 1.82) is 0 Å². The minimum absolute atomic E-state index is 0.0381. The first kappa shape index (κ1) is 16.1. The Kier molecular flexibility index (Phi) is 6.03. The van der Waals surface area contributed by atoms with Gasteiger partial charge in [-0.15, -0.1) is 0 Å². The number of hydrogen-bond donors (Lipinski definition) is 1. The van der Waals surface area contributed by atoms with Crippen LogP contribution in [0.4, 0.5) is 4.39 Å². The van der Waals surface area contributed by atoms with E-state index < -0.39 is 0 Å². The van der Waals surface area contributed by atoms with E-state index in [1.807, 2.05) is 12.1 Å². The van der Waals surface area contributed by atoms with Gasteiger partial charge in [-0.2, -0.15) is 0 Å². The van der Waals surface area contributed by atoms with Crippen LogP contribution < -0.4 is 5.32 Å². The van der Waals surface area contributed by atoms with Crippen LogP contribution in [0.25, 0.3) is 0 Å². The molecule has 0 saturated carbocycles. The summed E-state index contributed by atoms with van der Waals surface area (Å²) in [7, 11) is 1.79. The van der Waals surface area contributed by atoms with E-state index >= 15 is 0 Å². The van der Waals surface area contributed by atoms with Gasteiger partial charge in [0.15, 0.2) is 0 Å². The Balaban J connectivity index is 1.69. The van der Waals surface area contributed by atoms with E-state index in [1.165, 1.54) is 12.1 Å². The number of hydrogen-bond acceptors (Lipinski definition) is 3. The highest BCUT2D eigenvalue weighted by atomic mass is 19.1. The second-order valence-electron chi connectivity index (χ2n) is 5.15. The SMILES string of the molecule is CN(CCc1ccncc1)C(=O)CNCc1ccc(F)cc1. The number of likely N-dealkylation sites (N-methyl/N-ethyl adjacent to an activating group) is 1. The predicted molar refractivity (Wildman–Crippen MR) is 83.7 cm³/mol. The van der Waals surface area contributed by atoms with Crippen LogP contribution in [0.1, 0.15) is 11.1 Å². The molecule has 4 nitrogen and oxygen atoms in total. The minimum atomic E-state index is -0.254. The second kappa shape index (κ2) is 8.24. The summed E-state index contributed by atoms with van der Waals surface area (Å²) < 4.78 is 12.8. The Hall–Kier alpha value is -2.27. The van der Waals surface area contributed by atoms with E-state index in [1.54, 1.807) is 36.5 Å². The molecule has 0 spiro atoms. The molecule has 2 rings (SSSR count). The van der Waals surface area contributed by atoms with Crippen molar-refractivity contribution in [2.45, 2.75) is 13.0 Å². The normalized spacial score (nSPS) is 10.5. The molecule has 0 aliphatic carbocycles.